The van der Waals surface area contributed by atoms with Gasteiger partial charge in [0.05, 0.1) is 6.20 Å². The lowest BCUT2D eigenvalue weighted by atomic mass is 9.77. The summed E-state index contributed by atoms with van der Waals surface area (Å²) in [5, 5.41) is 0. The van der Waals surface area contributed by atoms with E-state index in [-0.39, 0.29) is 11.3 Å². The first kappa shape index (κ1) is 22.1. The summed E-state index contributed by atoms with van der Waals surface area (Å²) in [6, 6.07) is 8.97. The smallest absolute Gasteiger partial charge is 0.260 e. The largest absolute Gasteiger partial charge is 0.485 e. The number of para-hydroxylation sites is 1. The van der Waals surface area contributed by atoms with Crippen molar-refractivity contribution >= 4 is 5.91 Å². The number of likely N-dealkylation sites (tertiary alicyclic amines) is 2. The van der Waals surface area contributed by atoms with Gasteiger partial charge in [-0.15, -0.1) is 0 Å². The van der Waals surface area contributed by atoms with E-state index in [0.29, 0.717) is 37.3 Å². The molecule has 1 spiro atoms. The Morgan fingerprint density at radius 1 is 1.18 bits per heavy atom. The van der Waals surface area contributed by atoms with Crippen molar-refractivity contribution in [1.29, 1.82) is 0 Å². The normalized spacial score (nSPS) is 25.9. The number of oxazole rings is 1. The maximum absolute atomic E-state index is 14.1. The number of nitrogens with zero attached hydrogens (tertiary/aromatic N) is 3. The summed E-state index contributed by atoms with van der Waals surface area (Å²) in [5.41, 5.74) is 0.00618. The lowest BCUT2D eigenvalue weighted by molar-refractivity contribution is -0.150. The molecule has 0 N–H and O–H groups in total. The lowest BCUT2D eigenvalue weighted by Crippen LogP contribution is -2.60. The first-order valence-electron chi connectivity index (χ1n) is 12.8. The Bertz CT molecular complexity index is 1050. The molecule has 6 nitrogen and oxygen atoms in total. The molecule has 0 bridgehead atoms. The van der Waals surface area contributed by atoms with Crippen LogP contribution in [0.2, 0.25) is 0 Å². The molecule has 2 aliphatic carbocycles. The molecule has 4 aliphatic rings. The van der Waals surface area contributed by atoms with Crippen molar-refractivity contribution in [1.82, 2.24) is 14.8 Å². The van der Waals surface area contributed by atoms with Gasteiger partial charge in [-0.25, -0.2) is 9.37 Å². The Kier molecular flexibility index (Phi) is 5.43. The van der Waals surface area contributed by atoms with Crippen LogP contribution in [0.4, 0.5) is 4.39 Å². The average molecular weight is 468 g/mol. The third kappa shape index (κ3) is 4.12. The third-order valence-electron chi connectivity index (χ3n) is 8.53. The Morgan fingerprint density at radius 3 is 2.65 bits per heavy atom. The Balaban J connectivity index is 1.01. The van der Waals surface area contributed by atoms with E-state index in [1.54, 1.807) is 11.1 Å². The van der Waals surface area contributed by atoms with Crippen LogP contribution in [0.25, 0.3) is 0 Å². The fraction of sp³-hybridized carbons (Fsp3) is 0.630. The predicted molar refractivity (Wildman–Crippen MR) is 125 cm³/mol. The van der Waals surface area contributed by atoms with Crippen molar-refractivity contribution in [2.75, 3.05) is 26.2 Å². The van der Waals surface area contributed by atoms with Crippen molar-refractivity contribution in [2.45, 2.75) is 76.1 Å². The van der Waals surface area contributed by atoms with Crippen molar-refractivity contribution in [3.63, 3.8) is 0 Å². The van der Waals surface area contributed by atoms with E-state index in [1.807, 2.05) is 13.0 Å². The molecule has 7 heteroatoms. The summed E-state index contributed by atoms with van der Waals surface area (Å²) in [7, 11) is 0. The maximum Gasteiger partial charge on any atom is 0.260 e. The van der Waals surface area contributed by atoms with E-state index in [9.17, 15) is 9.18 Å². The minimum atomic E-state index is -1.52. The summed E-state index contributed by atoms with van der Waals surface area (Å²) >= 11 is 0. The van der Waals surface area contributed by atoms with Crippen LogP contribution in [-0.2, 0) is 11.4 Å². The van der Waals surface area contributed by atoms with E-state index in [0.717, 1.165) is 57.0 Å². The van der Waals surface area contributed by atoms with Crippen LogP contribution < -0.4 is 4.74 Å². The number of hydrogen-bond acceptors (Lipinski definition) is 5. The van der Waals surface area contributed by atoms with Crippen molar-refractivity contribution in [3.05, 3.63) is 47.7 Å². The van der Waals surface area contributed by atoms with Gasteiger partial charge in [0.15, 0.2) is 17.3 Å². The Labute approximate surface area is 200 Å². The van der Waals surface area contributed by atoms with Gasteiger partial charge in [-0.05, 0) is 75.6 Å². The van der Waals surface area contributed by atoms with Gasteiger partial charge in [0.1, 0.15) is 12.4 Å². The lowest BCUT2D eigenvalue weighted by Gasteiger charge is -2.49. The van der Waals surface area contributed by atoms with Gasteiger partial charge in [0.2, 0.25) is 0 Å². The van der Waals surface area contributed by atoms with E-state index in [2.05, 4.69) is 28.1 Å². The van der Waals surface area contributed by atoms with Crippen LogP contribution in [-0.4, -0.2) is 58.6 Å². The number of ether oxygens (including phenoxy) is 1. The van der Waals surface area contributed by atoms with Crippen LogP contribution in [0, 0.1) is 12.3 Å². The van der Waals surface area contributed by atoms with Gasteiger partial charge in [-0.3, -0.25) is 4.79 Å². The number of aromatic nitrogens is 1. The summed E-state index contributed by atoms with van der Waals surface area (Å²) in [6.45, 7) is 5.95. The van der Waals surface area contributed by atoms with Gasteiger partial charge in [-0.1, -0.05) is 18.2 Å². The number of benzene rings is 1. The van der Waals surface area contributed by atoms with Crippen LogP contribution in [0.15, 0.2) is 34.9 Å². The van der Waals surface area contributed by atoms with E-state index in [4.69, 9.17) is 9.15 Å². The number of hydrogen-bond donors (Lipinski definition) is 0. The standard InChI is InChI=1S/C27H34FN3O3/c1-19-29-15-22(34-19)16-33-24-5-3-2-4-23(24)20-7-12-30(13-8-20)21-6-9-26(14-21)17-31(18-26)25(32)27(28)10-11-27/h2-5,15,20-21H,6-14,16-18H2,1H3/t21-/m1/s1. The van der Waals surface area contributed by atoms with Gasteiger partial charge in [-0.2, -0.15) is 0 Å². The monoisotopic (exact) mass is 467 g/mol. The molecule has 1 aromatic carbocycles. The Hall–Kier alpha value is -2.41. The second kappa shape index (κ2) is 8.36. The first-order chi connectivity index (χ1) is 16.4. The van der Waals surface area contributed by atoms with Crippen LogP contribution in [0.3, 0.4) is 0 Å². The molecule has 2 saturated carbocycles. The third-order valence-corrected chi connectivity index (χ3v) is 8.53. The number of carbonyl (C=O) groups excluding carboxylic acids is 1. The molecule has 1 atom stereocenters. The van der Waals surface area contributed by atoms with Gasteiger partial charge < -0.3 is 19.0 Å². The minimum absolute atomic E-state index is 0.238. The molecular weight excluding hydrogens is 433 g/mol. The highest BCUT2D eigenvalue weighted by atomic mass is 19.1. The molecule has 0 radical (unpaired) electrons. The molecule has 1 amide bonds. The predicted octanol–water partition coefficient (Wildman–Crippen LogP) is 4.62. The molecule has 1 aromatic heterocycles. The molecule has 6 rings (SSSR count). The maximum atomic E-state index is 14.1. The van der Waals surface area contributed by atoms with Gasteiger partial charge in [0, 0.05) is 31.5 Å². The molecule has 2 aromatic rings. The molecule has 182 valence electrons. The molecule has 34 heavy (non-hydrogen) atoms. The first-order valence-corrected chi connectivity index (χ1v) is 12.8. The summed E-state index contributed by atoms with van der Waals surface area (Å²) in [4.78, 5) is 20.9. The fourth-order valence-electron chi connectivity index (χ4n) is 6.44. The highest BCUT2D eigenvalue weighted by Gasteiger charge is 2.58. The van der Waals surface area contributed by atoms with Crippen LogP contribution in [0.1, 0.15) is 68.1 Å². The quantitative estimate of drug-likeness (QED) is 0.620. The summed E-state index contributed by atoms with van der Waals surface area (Å²) < 4.78 is 25.8. The van der Waals surface area contributed by atoms with Crippen LogP contribution >= 0.6 is 0 Å². The number of alkyl halides is 1. The van der Waals surface area contributed by atoms with Crippen molar-refractivity contribution < 1.29 is 18.3 Å². The number of halogens is 1. The molecule has 2 saturated heterocycles. The van der Waals surface area contributed by atoms with Gasteiger partial charge in [0.25, 0.3) is 5.91 Å². The summed E-state index contributed by atoms with van der Waals surface area (Å²) in [6.07, 6.45) is 8.32. The highest BCUT2D eigenvalue weighted by Crippen LogP contribution is 2.51. The zero-order chi connectivity index (χ0) is 23.3. The Morgan fingerprint density at radius 2 is 1.94 bits per heavy atom. The second-order valence-corrected chi connectivity index (χ2v) is 11.0. The number of amides is 1. The average Bonchev–Trinajstić information content (AvgIpc) is 3.23. The number of carbonyl (C=O) groups is 1. The van der Waals surface area contributed by atoms with E-state index >= 15 is 0 Å². The molecular formula is C27H34FN3O3. The van der Waals surface area contributed by atoms with Gasteiger partial charge >= 0.3 is 0 Å². The molecule has 3 heterocycles. The SMILES string of the molecule is Cc1ncc(COc2ccccc2C2CCN([C@@H]3CCC4(C3)CN(C(=O)C3(F)CC3)C4)CC2)o1. The van der Waals surface area contributed by atoms with E-state index < -0.39 is 5.67 Å². The topological polar surface area (TPSA) is 58.8 Å². The second-order valence-electron chi connectivity index (χ2n) is 11.0. The van der Waals surface area contributed by atoms with Crippen LogP contribution in [0.5, 0.6) is 5.75 Å². The molecule has 2 aliphatic heterocycles. The zero-order valence-corrected chi connectivity index (χ0v) is 20.0. The van der Waals surface area contributed by atoms with Crippen molar-refractivity contribution in [3.8, 4) is 5.75 Å². The summed E-state index contributed by atoms with van der Waals surface area (Å²) in [5.74, 6) is 2.59. The molecule has 4 fully saturated rings. The fourth-order valence-corrected chi connectivity index (χ4v) is 6.44. The molecule has 0 unspecified atom stereocenters. The zero-order valence-electron chi connectivity index (χ0n) is 20.0. The number of rotatable bonds is 6. The highest BCUT2D eigenvalue weighted by molar-refractivity contribution is 5.88. The number of aryl methyl sites for hydroxylation is 1. The number of piperidine rings is 1. The van der Waals surface area contributed by atoms with E-state index in [1.165, 1.54) is 18.4 Å². The minimum Gasteiger partial charge on any atom is -0.485 e. The van der Waals surface area contributed by atoms with Crippen molar-refractivity contribution in [2.24, 2.45) is 5.41 Å².